The van der Waals surface area contributed by atoms with Crippen LogP contribution in [0.15, 0.2) is 12.1 Å². The molecule has 2 N–H and O–H groups in total. The minimum absolute atomic E-state index is 0.658. The largest absolute Gasteiger partial charge is 0.330 e. The Labute approximate surface area is 115 Å². The van der Waals surface area contributed by atoms with Gasteiger partial charge in [0.2, 0.25) is 0 Å². The number of aryl methyl sites for hydroxylation is 4. The Bertz CT molecular complexity index is 586. The Morgan fingerprint density at radius 1 is 1.11 bits per heavy atom. The molecule has 0 bridgehead atoms. The van der Waals surface area contributed by atoms with Gasteiger partial charge in [0.25, 0.3) is 0 Å². The zero-order valence-electron chi connectivity index (χ0n) is 12.5. The van der Waals surface area contributed by atoms with Gasteiger partial charge in [0, 0.05) is 24.7 Å². The van der Waals surface area contributed by atoms with Crippen LogP contribution in [0.2, 0.25) is 0 Å². The van der Waals surface area contributed by atoms with Crippen molar-refractivity contribution in [1.29, 1.82) is 0 Å². The molecule has 0 aliphatic carbocycles. The molecule has 0 aliphatic rings. The first kappa shape index (κ1) is 13.8. The zero-order valence-corrected chi connectivity index (χ0v) is 12.5. The number of hydrogen-bond acceptors (Lipinski definition) is 2. The normalized spacial score (nSPS) is 11.1. The Hall–Kier alpha value is -1.61. The van der Waals surface area contributed by atoms with E-state index in [4.69, 9.17) is 10.8 Å². The van der Waals surface area contributed by atoms with Gasteiger partial charge in [-0.3, -0.25) is 4.68 Å². The molecule has 0 aliphatic heterocycles. The van der Waals surface area contributed by atoms with Gasteiger partial charge in [-0.2, -0.15) is 5.10 Å². The first-order valence-electron chi connectivity index (χ1n) is 6.76. The number of nitrogens with zero attached hydrogens (tertiary/aromatic N) is 2. The van der Waals surface area contributed by atoms with Crippen molar-refractivity contribution in [3.05, 3.63) is 40.1 Å². The Kier molecular flexibility index (Phi) is 3.76. The van der Waals surface area contributed by atoms with Crippen molar-refractivity contribution in [2.75, 3.05) is 6.54 Å². The van der Waals surface area contributed by atoms with Crippen molar-refractivity contribution >= 4 is 0 Å². The second-order valence-electron chi connectivity index (χ2n) is 5.36. The average Bonchev–Trinajstić information content (AvgIpc) is 2.56. The molecule has 3 heteroatoms. The summed E-state index contributed by atoms with van der Waals surface area (Å²) in [7, 11) is 2.00. The van der Waals surface area contributed by atoms with Gasteiger partial charge in [0.15, 0.2) is 0 Å². The van der Waals surface area contributed by atoms with Crippen LogP contribution in [0, 0.1) is 27.7 Å². The fraction of sp³-hybridized carbons (Fsp3) is 0.438. The molecule has 2 rings (SSSR count). The third-order valence-electron chi connectivity index (χ3n) is 3.72. The summed E-state index contributed by atoms with van der Waals surface area (Å²) in [6.07, 6.45) is 0.874. The molecule has 102 valence electrons. The summed E-state index contributed by atoms with van der Waals surface area (Å²) in [5, 5.41) is 4.71. The van der Waals surface area contributed by atoms with E-state index in [1.54, 1.807) is 0 Å². The van der Waals surface area contributed by atoms with Crippen molar-refractivity contribution in [2.45, 2.75) is 34.1 Å². The number of benzene rings is 1. The van der Waals surface area contributed by atoms with Crippen molar-refractivity contribution < 1.29 is 0 Å². The van der Waals surface area contributed by atoms with Crippen molar-refractivity contribution in [2.24, 2.45) is 12.8 Å². The maximum absolute atomic E-state index is 5.68. The van der Waals surface area contributed by atoms with Crippen LogP contribution in [-0.4, -0.2) is 16.3 Å². The molecule has 0 saturated heterocycles. The Morgan fingerprint density at radius 2 is 1.68 bits per heavy atom. The van der Waals surface area contributed by atoms with Crippen LogP contribution in [0.1, 0.15) is 27.9 Å². The summed E-state index contributed by atoms with van der Waals surface area (Å²) in [5.41, 5.74) is 14.4. The van der Waals surface area contributed by atoms with Crippen LogP contribution in [0.5, 0.6) is 0 Å². The molecule has 1 heterocycles. The summed E-state index contributed by atoms with van der Waals surface area (Å²) in [5.74, 6) is 0. The van der Waals surface area contributed by atoms with Gasteiger partial charge < -0.3 is 5.73 Å². The molecule has 3 nitrogen and oxygen atoms in total. The number of rotatable bonds is 3. The van der Waals surface area contributed by atoms with Crippen LogP contribution < -0.4 is 5.73 Å². The predicted octanol–water partition coefficient (Wildman–Crippen LogP) is 2.82. The van der Waals surface area contributed by atoms with E-state index in [-0.39, 0.29) is 0 Å². The predicted molar refractivity (Wildman–Crippen MR) is 80.4 cm³/mol. The molecule has 19 heavy (non-hydrogen) atoms. The molecule has 1 aromatic heterocycles. The lowest BCUT2D eigenvalue weighted by atomic mass is 9.95. The van der Waals surface area contributed by atoms with Crippen molar-refractivity contribution in [3.63, 3.8) is 0 Å². The van der Waals surface area contributed by atoms with Gasteiger partial charge in [-0.15, -0.1) is 0 Å². The SMILES string of the molecule is Cc1cc(C)c(-c2nn(C)c(CCN)c2C)c(C)c1. The molecule has 0 unspecified atom stereocenters. The second-order valence-corrected chi connectivity index (χ2v) is 5.36. The van der Waals surface area contributed by atoms with Gasteiger partial charge >= 0.3 is 0 Å². The first-order valence-corrected chi connectivity index (χ1v) is 6.76. The van der Waals surface area contributed by atoms with Gasteiger partial charge in [-0.25, -0.2) is 0 Å². The number of nitrogens with two attached hydrogens (primary N) is 1. The lowest BCUT2D eigenvalue weighted by Crippen LogP contribution is -2.08. The van der Waals surface area contributed by atoms with E-state index in [1.165, 1.54) is 33.5 Å². The summed E-state index contributed by atoms with van der Waals surface area (Å²) < 4.78 is 1.97. The molecule has 0 saturated carbocycles. The Morgan fingerprint density at radius 3 is 2.21 bits per heavy atom. The first-order chi connectivity index (χ1) is 8.95. The summed E-state index contributed by atoms with van der Waals surface area (Å²) in [4.78, 5) is 0. The van der Waals surface area contributed by atoms with Crippen LogP contribution in [0.4, 0.5) is 0 Å². The van der Waals surface area contributed by atoms with Crippen molar-refractivity contribution in [1.82, 2.24) is 9.78 Å². The zero-order chi connectivity index (χ0) is 14.2. The maximum atomic E-state index is 5.68. The third-order valence-corrected chi connectivity index (χ3v) is 3.72. The summed E-state index contributed by atoms with van der Waals surface area (Å²) >= 11 is 0. The van der Waals surface area contributed by atoms with E-state index >= 15 is 0 Å². The minimum Gasteiger partial charge on any atom is -0.330 e. The van der Waals surface area contributed by atoms with Crippen LogP contribution in [0.25, 0.3) is 11.3 Å². The molecule has 0 amide bonds. The second kappa shape index (κ2) is 5.17. The van der Waals surface area contributed by atoms with Gasteiger partial charge in [0.05, 0.1) is 5.69 Å². The van der Waals surface area contributed by atoms with Crippen LogP contribution in [0.3, 0.4) is 0 Å². The van der Waals surface area contributed by atoms with E-state index in [0.717, 1.165) is 12.1 Å². The van der Waals surface area contributed by atoms with E-state index < -0.39 is 0 Å². The molecule has 0 fully saturated rings. The molecular weight excluding hydrogens is 234 g/mol. The van der Waals surface area contributed by atoms with Gasteiger partial charge in [-0.05, 0) is 50.9 Å². The fourth-order valence-electron chi connectivity index (χ4n) is 2.94. The fourth-order valence-corrected chi connectivity index (χ4v) is 2.94. The molecule has 1 aromatic carbocycles. The minimum atomic E-state index is 0.658. The van der Waals surface area contributed by atoms with E-state index in [2.05, 4.69) is 39.8 Å². The highest BCUT2D eigenvalue weighted by Gasteiger charge is 2.16. The van der Waals surface area contributed by atoms with Crippen LogP contribution >= 0.6 is 0 Å². The van der Waals surface area contributed by atoms with Gasteiger partial charge in [0.1, 0.15) is 0 Å². The highest BCUT2D eigenvalue weighted by Crippen LogP contribution is 2.31. The highest BCUT2D eigenvalue weighted by atomic mass is 15.3. The average molecular weight is 257 g/mol. The maximum Gasteiger partial charge on any atom is 0.0960 e. The highest BCUT2D eigenvalue weighted by molar-refractivity contribution is 5.71. The van der Waals surface area contributed by atoms with E-state index in [0.29, 0.717) is 6.54 Å². The summed E-state index contributed by atoms with van der Waals surface area (Å²) in [6.45, 7) is 9.25. The molecular formula is C16H23N3. The quantitative estimate of drug-likeness (QED) is 0.919. The number of aromatic nitrogens is 2. The van der Waals surface area contributed by atoms with E-state index in [1.807, 2.05) is 11.7 Å². The molecule has 0 spiro atoms. The topological polar surface area (TPSA) is 43.8 Å². The third kappa shape index (κ3) is 2.43. The lowest BCUT2D eigenvalue weighted by molar-refractivity contribution is 0.706. The summed E-state index contributed by atoms with van der Waals surface area (Å²) in [6, 6.07) is 4.44. The molecule has 2 aromatic rings. The monoisotopic (exact) mass is 257 g/mol. The van der Waals surface area contributed by atoms with Gasteiger partial charge in [-0.1, -0.05) is 17.7 Å². The number of hydrogen-bond donors (Lipinski definition) is 1. The molecule has 0 radical (unpaired) electrons. The standard InChI is InChI=1S/C16H23N3/c1-10-8-11(2)15(12(3)9-10)16-13(4)14(6-7-17)19(5)18-16/h8-9H,6-7,17H2,1-5H3. The Balaban J connectivity index is 2.63. The lowest BCUT2D eigenvalue weighted by Gasteiger charge is -2.10. The molecule has 0 atom stereocenters. The smallest absolute Gasteiger partial charge is 0.0960 e. The van der Waals surface area contributed by atoms with E-state index in [9.17, 15) is 0 Å². The van der Waals surface area contributed by atoms with Crippen molar-refractivity contribution in [3.8, 4) is 11.3 Å². The van der Waals surface area contributed by atoms with Crippen LogP contribution in [-0.2, 0) is 13.5 Å².